The molecule has 0 aliphatic rings. The Hall–Kier alpha value is -2.09. The molecule has 0 amide bonds. The summed E-state index contributed by atoms with van der Waals surface area (Å²) in [5.74, 6) is 12.6. The molecular formula is C17H12S. The molecule has 0 aliphatic carbocycles. The normalized spacial score (nSPS) is 8.67. The SMILES string of the molecule is C(C#Cc1ccccc1)#CCSc1ccccc1. The standard InChI is InChI=1S/C17H12S/c1-4-10-16(11-5-1)12-6-3-9-15-18-17-13-7-2-8-14-17/h1-2,4-5,7-8,10-11,13-14H,15H2. The maximum Gasteiger partial charge on any atom is 0.0604 e. The Kier molecular flexibility index (Phi) is 5.00. The van der Waals surface area contributed by atoms with Crippen molar-refractivity contribution >= 4 is 11.8 Å². The first-order chi connectivity index (χ1) is 8.95. The van der Waals surface area contributed by atoms with E-state index in [4.69, 9.17) is 0 Å². The van der Waals surface area contributed by atoms with E-state index in [0.717, 1.165) is 11.3 Å². The summed E-state index contributed by atoms with van der Waals surface area (Å²) in [4.78, 5) is 1.24. The second-order valence-electron chi connectivity index (χ2n) is 3.52. The Bertz CT molecular complexity index is 592. The Morgan fingerprint density at radius 2 is 1.44 bits per heavy atom. The third-order valence-electron chi connectivity index (χ3n) is 2.19. The highest BCUT2D eigenvalue weighted by atomic mass is 32.2. The molecule has 86 valence electrons. The molecule has 0 spiro atoms. The molecule has 0 aromatic heterocycles. The van der Waals surface area contributed by atoms with Crippen molar-refractivity contribution in [3.05, 3.63) is 66.2 Å². The molecule has 0 saturated heterocycles. The zero-order valence-corrected chi connectivity index (χ0v) is 10.7. The predicted molar refractivity (Wildman–Crippen MR) is 78.3 cm³/mol. The first-order valence-electron chi connectivity index (χ1n) is 5.67. The van der Waals surface area contributed by atoms with Gasteiger partial charge in [-0.1, -0.05) is 48.2 Å². The van der Waals surface area contributed by atoms with Crippen LogP contribution in [0.2, 0.25) is 0 Å². The van der Waals surface area contributed by atoms with Gasteiger partial charge >= 0.3 is 0 Å². The van der Waals surface area contributed by atoms with E-state index in [1.807, 2.05) is 48.5 Å². The van der Waals surface area contributed by atoms with Crippen LogP contribution in [0.4, 0.5) is 0 Å². The van der Waals surface area contributed by atoms with Crippen LogP contribution >= 0.6 is 11.8 Å². The van der Waals surface area contributed by atoms with Crippen molar-refractivity contribution < 1.29 is 0 Å². The van der Waals surface area contributed by atoms with Gasteiger partial charge in [0.1, 0.15) is 0 Å². The van der Waals surface area contributed by atoms with Crippen LogP contribution in [0.5, 0.6) is 0 Å². The molecule has 0 N–H and O–H groups in total. The largest absolute Gasteiger partial charge is 0.113 e. The van der Waals surface area contributed by atoms with E-state index in [-0.39, 0.29) is 0 Å². The molecule has 0 aliphatic heterocycles. The first kappa shape index (κ1) is 12.4. The highest BCUT2D eigenvalue weighted by molar-refractivity contribution is 7.99. The molecule has 0 radical (unpaired) electrons. The van der Waals surface area contributed by atoms with Crippen LogP contribution in [0.1, 0.15) is 5.56 Å². The number of benzene rings is 2. The summed E-state index contributed by atoms with van der Waals surface area (Å²) >= 11 is 1.73. The lowest BCUT2D eigenvalue weighted by Gasteiger charge is -1.93. The minimum Gasteiger partial charge on any atom is -0.113 e. The second kappa shape index (κ2) is 7.28. The van der Waals surface area contributed by atoms with E-state index in [1.54, 1.807) is 11.8 Å². The Morgan fingerprint density at radius 1 is 0.778 bits per heavy atom. The molecule has 18 heavy (non-hydrogen) atoms. The third-order valence-corrected chi connectivity index (χ3v) is 3.08. The van der Waals surface area contributed by atoms with Crippen LogP contribution in [0.25, 0.3) is 0 Å². The fourth-order valence-corrected chi connectivity index (χ4v) is 2.00. The Labute approximate surface area is 112 Å². The van der Waals surface area contributed by atoms with Gasteiger partial charge in [-0.25, -0.2) is 0 Å². The number of hydrogen-bond acceptors (Lipinski definition) is 1. The van der Waals surface area contributed by atoms with Crippen LogP contribution in [-0.2, 0) is 0 Å². The van der Waals surface area contributed by atoms with Crippen LogP contribution < -0.4 is 0 Å². The van der Waals surface area contributed by atoms with Gasteiger partial charge in [-0.2, -0.15) is 0 Å². The van der Waals surface area contributed by atoms with Crippen molar-refractivity contribution in [3.63, 3.8) is 0 Å². The maximum absolute atomic E-state index is 3.04. The summed E-state index contributed by atoms with van der Waals surface area (Å²) in [5, 5.41) is 0. The lowest BCUT2D eigenvalue weighted by Crippen LogP contribution is -1.73. The lowest BCUT2D eigenvalue weighted by molar-refractivity contribution is 1.46. The molecule has 0 bridgehead atoms. The quantitative estimate of drug-likeness (QED) is 0.575. The first-order valence-corrected chi connectivity index (χ1v) is 6.65. The van der Waals surface area contributed by atoms with E-state index >= 15 is 0 Å². The number of hydrogen-bond donors (Lipinski definition) is 0. The average Bonchev–Trinajstić information content (AvgIpc) is 2.45. The Balaban J connectivity index is 1.82. The highest BCUT2D eigenvalue weighted by Crippen LogP contribution is 2.15. The van der Waals surface area contributed by atoms with Crippen molar-refractivity contribution in [3.8, 4) is 23.7 Å². The minimum atomic E-state index is 0.771. The number of thioether (sulfide) groups is 1. The molecule has 0 heterocycles. The zero-order valence-electron chi connectivity index (χ0n) is 9.89. The molecule has 0 nitrogen and oxygen atoms in total. The van der Waals surface area contributed by atoms with Crippen molar-refractivity contribution in [1.29, 1.82) is 0 Å². The highest BCUT2D eigenvalue weighted by Gasteiger charge is 1.87. The third kappa shape index (κ3) is 4.42. The van der Waals surface area contributed by atoms with Crippen LogP contribution in [0, 0.1) is 23.7 Å². The number of rotatable bonds is 2. The molecule has 2 aromatic rings. The molecule has 0 fully saturated rings. The fourth-order valence-electron chi connectivity index (χ4n) is 1.34. The molecule has 2 rings (SSSR count). The van der Waals surface area contributed by atoms with Gasteiger partial charge in [0.2, 0.25) is 0 Å². The van der Waals surface area contributed by atoms with Gasteiger partial charge in [-0.15, -0.1) is 11.8 Å². The van der Waals surface area contributed by atoms with E-state index in [0.29, 0.717) is 0 Å². The van der Waals surface area contributed by atoms with Gasteiger partial charge in [0.15, 0.2) is 0 Å². The molecular weight excluding hydrogens is 236 g/mol. The second-order valence-corrected chi connectivity index (χ2v) is 4.57. The van der Waals surface area contributed by atoms with E-state index < -0.39 is 0 Å². The topological polar surface area (TPSA) is 0 Å². The van der Waals surface area contributed by atoms with Gasteiger partial charge < -0.3 is 0 Å². The van der Waals surface area contributed by atoms with Crippen LogP contribution in [0.3, 0.4) is 0 Å². The summed E-state index contributed by atoms with van der Waals surface area (Å²) in [5.41, 5.74) is 1.00. The van der Waals surface area contributed by atoms with Crippen molar-refractivity contribution in [2.45, 2.75) is 4.90 Å². The van der Waals surface area contributed by atoms with Gasteiger partial charge in [0.25, 0.3) is 0 Å². The molecule has 0 saturated carbocycles. The van der Waals surface area contributed by atoms with Gasteiger partial charge in [0, 0.05) is 10.5 Å². The molecule has 0 unspecified atom stereocenters. The van der Waals surface area contributed by atoms with Gasteiger partial charge in [0.05, 0.1) is 5.75 Å². The van der Waals surface area contributed by atoms with Gasteiger partial charge in [-0.05, 0) is 36.1 Å². The fraction of sp³-hybridized carbons (Fsp3) is 0.0588. The van der Waals surface area contributed by atoms with Crippen molar-refractivity contribution in [1.82, 2.24) is 0 Å². The maximum atomic E-state index is 3.04. The van der Waals surface area contributed by atoms with Crippen LogP contribution in [-0.4, -0.2) is 5.75 Å². The summed E-state index contributed by atoms with van der Waals surface area (Å²) in [6, 6.07) is 20.1. The summed E-state index contributed by atoms with van der Waals surface area (Å²) in [6.45, 7) is 0. The molecule has 1 heteroatoms. The zero-order chi connectivity index (χ0) is 12.5. The average molecular weight is 248 g/mol. The van der Waals surface area contributed by atoms with E-state index in [1.165, 1.54) is 4.90 Å². The monoisotopic (exact) mass is 248 g/mol. The predicted octanol–water partition coefficient (Wildman–Crippen LogP) is 3.83. The van der Waals surface area contributed by atoms with Crippen LogP contribution in [0.15, 0.2) is 65.6 Å². The van der Waals surface area contributed by atoms with Crippen molar-refractivity contribution in [2.24, 2.45) is 0 Å². The summed E-state index contributed by atoms with van der Waals surface area (Å²) < 4.78 is 0. The molecule has 0 atom stereocenters. The minimum absolute atomic E-state index is 0.771. The smallest absolute Gasteiger partial charge is 0.0604 e. The molecule has 2 aromatic carbocycles. The van der Waals surface area contributed by atoms with E-state index in [9.17, 15) is 0 Å². The van der Waals surface area contributed by atoms with Crippen molar-refractivity contribution in [2.75, 3.05) is 5.75 Å². The summed E-state index contributed by atoms with van der Waals surface area (Å²) in [7, 11) is 0. The van der Waals surface area contributed by atoms with Gasteiger partial charge in [-0.3, -0.25) is 0 Å². The Morgan fingerprint density at radius 3 is 2.17 bits per heavy atom. The van der Waals surface area contributed by atoms with E-state index in [2.05, 4.69) is 35.8 Å². The summed E-state index contributed by atoms with van der Waals surface area (Å²) in [6.07, 6.45) is 0. The lowest BCUT2D eigenvalue weighted by atomic mass is 10.2.